The molecule has 1 N–H and O–H groups in total. The van der Waals surface area contributed by atoms with Crippen molar-refractivity contribution in [2.24, 2.45) is 0 Å². The molecule has 150 valence electrons. The van der Waals surface area contributed by atoms with Gasteiger partial charge < -0.3 is 14.2 Å². The van der Waals surface area contributed by atoms with Crippen molar-refractivity contribution in [2.45, 2.75) is 24.8 Å². The maximum absolute atomic E-state index is 12.8. The number of sulfonamides is 1. The van der Waals surface area contributed by atoms with Gasteiger partial charge in [0.1, 0.15) is 5.75 Å². The smallest absolute Gasteiger partial charge is 0.338 e. The summed E-state index contributed by atoms with van der Waals surface area (Å²) in [5.74, 6) is -1.03. The maximum atomic E-state index is 12.8. The van der Waals surface area contributed by atoms with Crippen LogP contribution in [0.15, 0.2) is 47.4 Å². The Hall–Kier alpha value is -3.07. The topological polar surface area (TPSA) is 108 Å². The van der Waals surface area contributed by atoms with Gasteiger partial charge in [-0.2, -0.15) is 0 Å². The highest BCUT2D eigenvalue weighted by Gasteiger charge is 2.20. The molecule has 0 aromatic heterocycles. The number of ether oxygens (including phenoxy) is 3. The van der Waals surface area contributed by atoms with E-state index in [1.807, 2.05) is 0 Å². The minimum atomic E-state index is -4.07. The highest BCUT2D eigenvalue weighted by molar-refractivity contribution is 7.92. The van der Waals surface area contributed by atoms with E-state index in [0.29, 0.717) is 0 Å². The Bertz CT molecular complexity index is 984. The van der Waals surface area contributed by atoms with E-state index in [-0.39, 0.29) is 33.6 Å². The van der Waals surface area contributed by atoms with Gasteiger partial charge in [0.05, 0.1) is 42.0 Å². The van der Waals surface area contributed by atoms with Crippen LogP contribution in [0.5, 0.6) is 5.75 Å². The van der Waals surface area contributed by atoms with Crippen LogP contribution in [-0.2, 0) is 19.5 Å². The van der Waals surface area contributed by atoms with Crippen molar-refractivity contribution < 1.29 is 32.2 Å². The molecule has 9 heteroatoms. The summed E-state index contributed by atoms with van der Waals surface area (Å²) in [5, 5.41) is 0. The van der Waals surface area contributed by atoms with Crippen molar-refractivity contribution >= 4 is 27.6 Å². The first kappa shape index (κ1) is 21.2. The van der Waals surface area contributed by atoms with Crippen LogP contribution in [0.1, 0.15) is 34.6 Å². The Labute approximate surface area is 163 Å². The van der Waals surface area contributed by atoms with Crippen molar-refractivity contribution in [1.82, 2.24) is 0 Å². The highest BCUT2D eigenvalue weighted by atomic mass is 32.2. The van der Waals surface area contributed by atoms with E-state index in [0.717, 1.165) is 0 Å². The number of hydrogen-bond donors (Lipinski definition) is 1. The third-order valence-corrected chi connectivity index (χ3v) is 4.95. The summed E-state index contributed by atoms with van der Waals surface area (Å²) in [5.41, 5.74) is 0.311. The molecule has 0 fully saturated rings. The van der Waals surface area contributed by atoms with Gasteiger partial charge in [-0.15, -0.1) is 0 Å². The van der Waals surface area contributed by atoms with E-state index < -0.39 is 22.0 Å². The molecule has 0 aliphatic rings. The Kier molecular flexibility index (Phi) is 6.63. The van der Waals surface area contributed by atoms with E-state index in [1.54, 1.807) is 13.8 Å². The summed E-state index contributed by atoms with van der Waals surface area (Å²) >= 11 is 0. The fraction of sp³-hybridized carbons (Fsp3) is 0.263. The molecule has 0 unspecified atom stereocenters. The molecule has 2 rings (SSSR count). The van der Waals surface area contributed by atoms with Crippen molar-refractivity contribution in [3.05, 3.63) is 53.6 Å². The lowest BCUT2D eigenvalue weighted by Gasteiger charge is -2.14. The zero-order chi connectivity index (χ0) is 20.9. The van der Waals surface area contributed by atoms with E-state index in [1.165, 1.54) is 56.7 Å². The van der Waals surface area contributed by atoms with Gasteiger partial charge in [0.15, 0.2) is 0 Å². The number of nitrogens with one attached hydrogen (secondary N) is 1. The number of esters is 2. The molecule has 0 saturated heterocycles. The maximum Gasteiger partial charge on any atom is 0.338 e. The molecule has 0 bridgehead atoms. The third-order valence-electron chi connectivity index (χ3n) is 3.59. The second-order valence-electron chi connectivity index (χ2n) is 5.99. The summed E-state index contributed by atoms with van der Waals surface area (Å²) in [6.45, 7) is 3.42. The number of methoxy groups -OCH3 is 2. The SMILES string of the molecule is COC(=O)c1cccc(S(=O)(=O)Nc2cc(C(=O)OC(C)C)ccc2OC)c1. The number of hydrogen-bond acceptors (Lipinski definition) is 7. The fourth-order valence-electron chi connectivity index (χ4n) is 2.31. The molecule has 0 heterocycles. The van der Waals surface area contributed by atoms with Gasteiger partial charge in [0.2, 0.25) is 0 Å². The lowest BCUT2D eigenvalue weighted by Crippen LogP contribution is -2.16. The molecular formula is C19H21NO7S. The van der Waals surface area contributed by atoms with Gasteiger partial charge >= 0.3 is 11.9 Å². The molecular weight excluding hydrogens is 386 g/mol. The van der Waals surface area contributed by atoms with Gasteiger partial charge in [-0.1, -0.05) is 6.07 Å². The molecule has 0 spiro atoms. The van der Waals surface area contributed by atoms with Crippen LogP contribution in [-0.4, -0.2) is 40.7 Å². The minimum absolute atomic E-state index is 0.0594. The van der Waals surface area contributed by atoms with Gasteiger partial charge in [0.25, 0.3) is 10.0 Å². The zero-order valence-electron chi connectivity index (χ0n) is 15.9. The number of carbonyl (C=O) groups excluding carboxylic acids is 2. The molecule has 0 amide bonds. The molecule has 8 nitrogen and oxygen atoms in total. The van der Waals surface area contributed by atoms with Crippen molar-refractivity contribution in [1.29, 1.82) is 0 Å². The summed E-state index contributed by atoms with van der Waals surface area (Å²) in [7, 11) is -1.49. The molecule has 2 aromatic carbocycles. The van der Waals surface area contributed by atoms with Crippen LogP contribution in [0.4, 0.5) is 5.69 Å². The summed E-state index contributed by atoms with van der Waals surface area (Å²) in [6, 6.07) is 9.64. The summed E-state index contributed by atoms with van der Waals surface area (Å²) < 4.78 is 42.8. The van der Waals surface area contributed by atoms with E-state index >= 15 is 0 Å². The average Bonchev–Trinajstić information content (AvgIpc) is 2.66. The molecule has 0 aliphatic carbocycles. The Morgan fingerprint density at radius 3 is 2.25 bits per heavy atom. The lowest BCUT2D eigenvalue weighted by atomic mass is 10.2. The molecule has 28 heavy (non-hydrogen) atoms. The minimum Gasteiger partial charge on any atom is -0.495 e. The number of anilines is 1. The van der Waals surface area contributed by atoms with Crippen molar-refractivity contribution in [2.75, 3.05) is 18.9 Å². The zero-order valence-corrected chi connectivity index (χ0v) is 16.7. The van der Waals surface area contributed by atoms with Gasteiger partial charge in [-0.05, 0) is 50.2 Å². The van der Waals surface area contributed by atoms with E-state index in [9.17, 15) is 18.0 Å². The first-order valence-electron chi connectivity index (χ1n) is 8.28. The van der Waals surface area contributed by atoms with Crippen LogP contribution in [0.3, 0.4) is 0 Å². The first-order chi connectivity index (χ1) is 13.2. The number of benzene rings is 2. The monoisotopic (exact) mass is 407 g/mol. The van der Waals surface area contributed by atoms with Crippen molar-refractivity contribution in [3.8, 4) is 5.75 Å². The molecule has 2 aromatic rings. The third kappa shape index (κ3) is 5.01. The normalized spacial score (nSPS) is 11.0. The van der Waals surface area contributed by atoms with Crippen LogP contribution in [0, 0.1) is 0 Å². The van der Waals surface area contributed by atoms with Crippen LogP contribution >= 0.6 is 0 Å². The predicted octanol–water partition coefficient (Wildman–Crippen LogP) is 2.85. The molecule has 0 atom stereocenters. The first-order valence-corrected chi connectivity index (χ1v) is 9.76. The van der Waals surface area contributed by atoms with E-state index in [2.05, 4.69) is 9.46 Å². The quantitative estimate of drug-likeness (QED) is 0.703. The molecule has 0 saturated carbocycles. The predicted molar refractivity (Wildman–Crippen MR) is 102 cm³/mol. The van der Waals surface area contributed by atoms with Crippen LogP contribution < -0.4 is 9.46 Å². The molecule has 0 radical (unpaired) electrons. The van der Waals surface area contributed by atoms with Crippen LogP contribution in [0.2, 0.25) is 0 Å². The van der Waals surface area contributed by atoms with E-state index in [4.69, 9.17) is 9.47 Å². The van der Waals surface area contributed by atoms with Gasteiger partial charge in [-0.25, -0.2) is 18.0 Å². The fourth-order valence-corrected chi connectivity index (χ4v) is 3.42. The van der Waals surface area contributed by atoms with Gasteiger partial charge in [0, 0.05) is 0 Å². The van der Waals surface area contributed by atoms with Crippen LogP contribution in [0.25, 0.3) is 0 Å². The second kappa shape index (κ2) is 8.75. The standard InChI is InChI=1S/C19H21NO7S/c1-12(2)27-19(22)14-8-9-17(25-3)16(11-14)20-28(23,24)15-7-5-6-13(10-15)18(21)26-4/h5-12,20H,1-4H3. The average molecular weight is 407 g/mol. The van der Waals surface area contributed by atoms with Crippen molar-refractivity contribution in [3.63, 3.8) is 0 Å². The molecule has 0 aliphatic heterocycles. The largest absolute Gasteiger partial charge is 0.495 e. The number of carbonyl (C=O) groups is 2. The second-order valence-corrected chi connectivity index (χ2v) is 7.68. The summed E-state index contributed by atoms with van der Waals surface area (Å²) in [4.78, 5) is 23.6. The summed E-state index contributed by atoms with van der Waals surface area (Å²) in [6.07, 6.45) is -0.323. The Balaban J connectivity index is 2.40. The Morgan fingerprint density at radius 2 is 1.64 bits per heavy atom. The number of rotatable bonds is 7. The Morgan fingerprint density at radius 1 is 0.964 bits per heavy atom. The highest BCUT2D eigenvalue weighted by Crippen LogP contribution is 2.28. The van der Waals surface area contributed by atoms with Gasteiger partial charge in [-0.3, -0.25) is 4.72 Å². The lowest BCUT2D eigenvalue weighted by molar-refractivity contribution is 0.0377.